The Kier molecular flexibility index (Phi) is 53.7. The number of unbranched alkanes of at least 4 members (excludes halogenated alkanes) is 25. The highest BCUT2D eigenvalue weighted by Gasteiger charge is 2.20. The van der Waals surface area contributed by atoms with Crippen molar-refractivity contribution < 1.29 is 37.3 Å². The summed E-state index contributed by atoms with van der Waals surface area (Å²) in [6.07, 6.45) is 77.3. The van der Waals surface area contributed by atoms with Gasteiger partial charge in [-0.15, -0.1) is 0 Å². The molecular weight excluding hydrogens is 926 g/mol. The number of carbonyl (C=O) groups is 1. The zero-order valence-electron chi connectivity index (χ0n) is 48.1. The molecule has 0 saturated carbocycles. The van der Waals surface area contributed by atoms with Crippen molar-refractivity contribution in [1.82, 2.24) is 0 Å². The fourth-order valence-corrected chi connectivity index (χ4v) is 8.78. The van der Waals surface area contributed by atoms with E-state index in [4.69, 9.17) is 18.5 Å². The Bertz CT molecular complexity index is 1490. The summed E-state index contributed by atoms with van der Waals surface area (Å²) in [5.74, 6) is -0.341. The lowest BCUT2D eigenvalue weighted by molar-refractivity contribution is -0.870. The first-order chi connectivity index (χ1) is 35.6. The number of rotatable bonds is 55. The van der Waals surface area contributed by atoms with Gasteiger partial charge in [-0.2, -0.15) is 0 Å². The maximum atomic E-state index is 12.8. The Balaban J connectivity index is 4.10. The average molecular weight is 1040 g/mol. The molecule has 0 fully saturated rings. The van der Waals surface area contributed by atoms with Gasteiger partial charge in [-0.1, -0.05) is 239 Å². The number of carbonyl (C=O) groups excluding carboxylic acids is 1. The molecule has 0 N–H and O–H groups in total. The fraction of sp³-hybridized carbons (Fsp3) is 0.734. The summed E-state index contributed by atoms with van der Waals surface area (Å²) in [4.78, 5) is 25.3. The summed E-state index contributed by atoms with van der Waals surface area (Å²) in [5, 5.41) is 0. The van der Waals surface area contributed by atoms with Crippen molar-refractivity contribution >= 4 is 13.8 Å². The second-order valence-electron chi connectivity index (χ2n) is 21.0. The van der Waals surface area contributed by atoms with Crippen LogP contribution < -0.4 is 4.89 Å². The smallest absolute Gasteiger partial charge is 0.306 e. The highest BCUT2D eigenvalue weighted by molar-refractivity contribution is 7.45. The molecule has 0 bridgehead atoms. The standard InChI is InChI=1S/C64H114NO7P/c1-6-8-10-12-14-16-18-20-22-24-26-28-30-32-34-36-38-40-42-44-46-48-50-52-54-56-59-69-61-63(62-71-73(67,68)70-60-58-65(3,4)5)72-64(66)57-55-53-51-49-47-45-43-41-39-37-35-33-31-29-27-25-23-21-19-17-15-13-11-9-7-2/h8,10,14,16,19-22,25-28,31-34,63H,6-7,9,11-13,15,17-18,23-24,29-30,35-62H2,1-5H3/b10-8-,16-14-,21-19-,22-20-,27-25-,28-26-,33-31-,34-32-. The molecule has 0 radical (unpaired) electrons. The third kappa shape index (κ3) is 60.2. The number of esters is 1. The Labute approximate surface area is 451 Å². The Morgan fingerprint density at radius 2 is 0.795 bits per heavy atom. The van der Waals surface area contributed by atoms with Crippen molar-refractivity contribution in [2.75, 3.05) is 54.1 Å². The van der Waals surface area contributed by atoms with Crippen LogP contribution >= 0.6 is 7.82 Å². The van der Waals surface area contributed by atoms with Crippen molar-refractivity contribution in [3.63, 3.8) is 0 Å². The van der Waals surface area contributed by atoms with Crippen LogP contribution in [0.5, 0.6) is 0 Å². The Morgan fingerprint density at radius 1 is 0.438 bits per heavy atom. The predicted molar refractivity (Wildman–Crippen MR) is 314 cm³/mol. The number of phosphoric acid groups is 1. The number of nitrogens with zero attached hydrogens (tertiary/aromatic N) is 1. The SMILES string of the molecule is CC/C=C\C/C=C\C/C=C\C/C=C\C/C=C\CCCCCCCCCCCCOCC(COP(=O)([O-])OCC[N+](C)(C)C)OC(=O)CCCCCCCCCCCC/C=C\C/C=C\C/C=C\CCCCCCC. The van der Waals surface area contributed by atoms with Crippen LogP contribution in [0.25, 0.3) is 0 Å². The summed E-state index contributed by atoms with van der Waals surface area (Å²) in [6, 6.07) is 0. The van der Waals surface area contributed by atoms with Gasteiger partial charge in [0.15, 0.2) is 0 Å². The molecule has 0 aliphatic heterocycles. The van der Waals surface area contributed by atoms with Crippen LogP contribution in [0.4, 0.5) is 0 Å². The second kappa shape index (κ2) is 55.6. The minimum absolute atomic E-state index is 0.0199. The maximum Gasteiger partial charge on any atom is 0.306 e. The van der Waals surface area contributed by atoms with Gasteiger partial charge in [-0.05, 0) is 96.3 Å². The number of quaternary nitrogens is 1. The maximum absolute atomic E-state index is 12.8. The van der Waals surface area contributed by atoms with E-state index in [1.54, 1.807) is 0 Å². The molecule has 9 heteroatoms. The van der Waals surface area contributed by atoms with Gasteiger partial charge in [-0.25, -0.2) is 0 Å². The second-order valence-corrected chi connectivity index (χ2v) is 22.4. The summed E-state index contributed by atoms with van der Waals surface area (Å²) in [5.41, 5.74) is 0. The summed E-state index contributed by atoms with van der Waals surface area (Å²) in [7, 11) is 1.34. The lowest BCUT2D eigenvalue weighted by atomic mass is 10.0. The minimum atomic E-state index is -4.55. The van der Waals surface area contributed by atoms with E-state index in [-0.39, 0.29) is 25.8 Å². The minimum Gasteiger partial charge on any atom is -0.756 e. The number of likely N-dealkylation sites (N-methyl/N-ethyl adjacent to an activating group) is 1. The summed E-state index contributed by atoms with van der Waals surface area (Å²) in [6.45, 7) is 5.28. The van der Waals surface area contributed by atoms with Crippen LogP contribution in [0.2, 0.25) is 0 Å². The Morgan fingerprint density at radius 3 is 1.19 bits per heavy atom. The van der Waals surface area contributed by atoms with Gasteiger partial charge in [0.05, 0.1) is 34.4 Å². The predicted octanol–water partition coefficient (Wildman–Crippen LogP) is 18.7. The van der Waals surface area contributed by atoms with E-state index in [1.165, 1.54) is 148 Å². The molecule has 0 aromatic rings. The molecule has 73 heavy (non-hydrogen) atoms. The van der Waals surface area contributed by atoms with Crippen LogP contribution in [-0.4, -0.2) is 70.7 Å². The first-order valence-corrected chi connectivity index (χ1v) is 31.4. The van der Waals surface area contributed by atoms with E-state index in [9.17, 15) is 14.3 Å². The van der Waals surface area contributed by atoms with E-state index >= 15 is 0 Å². The lowest BCUT2D eigenvalue weighted by Crippen LogP contribution is -2.37. The van der Waals surface area contributed by atoms with Crippen molar-refractivity contribution in [2.24, 2.45) is 0 Å². The molecule has 0 aliphatic carbocycles. The molecule has 0 aromatic carbocycles. The van der Waals surface area contributed by atoms with Gasteiger partial charge >= 0.3 is 5.97 Å². The fourth-order valence-electron chi connectivity index (χ4n) is 8.05. The molecule has 2 atom stereocenters. The van der Waals surface area contributed by atoms with Crippen LogP contribution in [0.15, 0.2) is 97.2 Å². The highest BCUT2D eigenvalue weighted by atomic mass is 31.2. The molecule has 422 valence electrons. The largest absolute Gasteiger partial charge is 0.756 e. The molecule has 0 spiro atoms. The van der Waals surface area contributed by atoms with Crippen LogP contribution in [0.3, 0.4) is 0 Å². The van der Waals surface area contributed by atoms with Crippen molar-refractivity contribution in [3.05, 3.63) is 97.2 Å². The van der Waals surface area contributed by atoms with E-state index < -0.39 is 13.9 Å². The van der Waals surface area contributed by atoms with Gasteiger partial charge in [0, 0.05) is 13.0 Å². The van der Waals surface area contributed by atoms with Crippen molar-refractivity contribution in [3.8, 4) is 0 Å². The summed E-state index contributed by atoms with van der Waals surface area (Å²) >= 11 is 0. The number of phosphoric ester groups is 1. The Hall–Kier alpha value is -2.58. The van der Waals surface area contributed by atoms with Gasteiger partial charge in [0.25, 0.3) is 7.82 Å². The number of allylic oxidation sites excluding steroid dienone is 16. The molecule has 0 saturated heterocycles. The van der Waals surface area contributed by atoms with E-state index in [0.29, 0.717) is 24.1 Å². The molecule has 0 aliphatic rings. The normalized spacial score (nSPS) is 14.1. The molecular formula is C64H114NO7P. The van der Waals surface area contributed by atoms with Crippen LogP contribution in [-0.2, 0) is 27.9 Å². The topological polar surface area (TPSA) is 94.1 Å². The van der Waals surface area contributed by atoms with Gasteiger partial charge in [-0.3, -0.25) is 9.36 Å². The molecule has 0 heterocycles. The van der Waals surface area contributed by atoms with E-state index in [0.717, 1.165) is 77.0 Å². The van der Waals surface area contributed by atoms with Gasteiger partial charge in [0.2, 0.25) is 0 Å². The van der Waals surface area contributed by atoms with Gasteiger partial charge < -0.3 is 27.9 Å². The van der Waals surface area contributed by atoms with E-state index in [2.05, 4.69) is 111 Å². The van der Waals surface area contributed by atoms with E-state index in [1.807, 2.05) is 21.1 Å². The third-order valence-corrected chi connectivity index (χ3v) is 13.6. The van der Waals surface area contributed by atoms with Gasteiger partial charge in [0.1, 0.15) is 19.3 Å². The first-order valence-electron chi connectivity index (χ1n) is 30.0. The number of ether oxygens (including phenoxy) is 2. The quantitative estimate of drug-likeness (QED) is 0.0197. The summed E-state index contributed by atoms with van der Waals surface area (Å²) < 4.78 is 34.9. The zero-order chi connectivity index (χ0) is 53.3. The first kappa shape index (κ1) is 70.4. The molecule has 8 nitrogen and oxygen atoms in total. The highest BCUT2D eigenvalue weighted by Crippen LogP contribution is 2.38. The van der Waals surface area contributed by atoms with Crippen molar-refractivity contribution in [1.29, 1.82) is 0 Å². The molecule has 0 rings (SSSR count). The molecule has 0 amide bonds. The van der Waals surface area contributed by atoms with Crippen LogP contribution in [0.1, 0.15) is 245 Å². The van der Waals surface area contributed by atoms with Crippen LogP contribution in [0, 0.1) is 0 Å². The number of hydrogen-bond donors (Lipinski definition) is 0. The third-order valence-electron chi connectivity index (χ3n) is 12.6. The monoisotopic (exact) mass is 1040 g/mol. The lowest BCUT2D eigenvalue weighted by Gasteiger charge is -2.28. The molecule has 2 unspecified atom stereocenters. The van der Waals surface area contributed by atoms with Crippen molar-refractivity contribution in [2.45, 2.75) is 251 Å². The average Bonchev–Trinajstić information content (AvgIpc) is 3.35. The number of hydrogen-bond acceptors (Lipinski definition) is 7. The zero-order valence-corrected chi connectivity index (χ0v) is 49.0. The molecule has 0 aromatic heterocycles.